The minimum atomic E-state index is -0.628. The lowest BCUT2D eigenvalue weighted by Crippen LogP contribution is -2.51. The molecule has 1 aromatic carbocycles. The first-order chi connectivity index (χ1) is 18.4. The molecule has 6 rings (SSSR count). The molecule has 1 saturated heterocycles. The van der Waals surface area contributed by atoms with E-state index in [9.17, 15) is 4.39 Å². The van der Waals surface area contributed by atoms with Crippen LogP contribution < -0.4 is 25.2 Å². The Bertz CT molecular complexity index is 1310. The number of nitrogens with one attached hydrogen (secondary N) is 2. The standard InChI is InChI=1S/C28H33F2N7O/c1-18(2)37-17-28(7-3-4-8-28)38-26-21(29)13-19(14-23(26)37)25-22(30)16-33-27(35-25)34-24-6-5-20(15-32-24)36-11-9-31-10-12-36/h5-6,13-16,18,31H,3-4,7-12,17H2,1-2H3,(H,32,33,34,35). The summed E-state index contributed by atoms with van der Waals surface area (Å²) in [6, 6.07) is 7.05. The van der Waals surface area contributed by atoms with E-state index in [0.29, 0.717) is 23.6 Å². The molecule has 8 nitrogen and oxygen atoms in total. The van der Waals surface area contributed by atoms with Gasteiger partial charge in [0.2, 0.25) is 5.95 Å². The van der Waals surface area contributed by atoms with Crippen LogP contribution >= 0.6 is 0 Å². The van der Waals surface area contributed by atoms with Crippen molar-refractivity contribution in [1.82, 2.24) is 20.3 Å². The number of benzene rings is 1. The number of hydrogen-bond donors (Lipinski definition) is 2. The molecular weight excluding hydrogens is 488 g/mol. The van der Waals surface area contributed by atoms with Gasteiger partial charge in [0.05, 0.1) is 30.3 Å². The van der Waals surface area contributed by atoms with Crippen LogP contribution in [0.3, 0.4) is 0 Å². The molecule has 38 heavy (non-hydrogen) atoms. The molecule has 2 aromatic heterocycles. The van der Waals surface area contributed by atoms with Crippen molar-refractivity contribution in [2.75, 3.05) is 47.8 Å². The van der Waals surface area contributed by atoms with E-state index in [0.717, 1.165) is 63.7 Å². The zero-order valence-electron chi connectivity index (χ0n) is 21.8. The third kappa shape index (κ3) is 4.73. The number of nitrogens with zero attached hydrogens (tertiary/aromatic N) is 5. The van der Waals surface area contributed by atoms with Crippen molar-refractivity contribution in [1.29, 1.82) is 0 Å². The monoisotopic (exact) mass is 521 g/mol. The van der Waals surface area contributed by atoms with Gasteiger partial charge in [-0.05, 0) is 63.8 Å². The SMILES string of the molecule is CC(C)N1CC2(CCCC2)Oc2c(F)cc(-c3nc(Nc4ccc(N5CCNCC5)cn4)ncc3F)cc21. The number of anilines is 4. The Morgan fingerprint density at radius 3 is 2.53 bits per heavy atom. The molecule has 3 aromatic rings. The summed E-state index contributed by atoms with van der Waals surface area (Å²) in [4.78, 5) is 17.4. The molecule has 3 aliphatic rings. The zero-order chi connectivity index (χ0) is 26.3. The predicted molar refractivity (Wildman–Crippen MR) is 144 cm³/mol. The lowest BCUT2D eigenvalue weighted by molar-refractivity contribution is 0.0659. The number of pyridine rings is 1. The van der Waals surface area contributed by atoms with E-state index in [1.807, 2.05) is 12.1 Å². The average molecular weight is 522 g/mol. The molecule has 0 atom stereocenters. The number of halogens is 2. The lowest BCUT2D eigenvalue weighted by atomic mass is 9.96. The Hall–Kier alpha value is -3.53. The summed E-state index contributed by atoms with van der Waals surface area (Å²) in [6.45, 7) is 8.59. The zero-order valence-corrected chi connectivity index (χ0v) is 21.8. The van der Waals surface area contributed by atoms with Crippen LogP contribution in [0.5, 0.6) is 5.75 Å². The fourth-order valence-electron chi connectivity index (χ4n) is 5.73. The molecule has 2 fully saturated rings. The van der Waals surface area contributed by atoms with E-state index < -0.39 is 11.6 Å². The number of fused-ring (bicyclic) bond motifs is 1. The molecule has 2 N–H and O–H groups in total. The third-order valence-corrected chi connectivity index (χ3v) is 7.74. The van der Waals surface area contributed by atoms with Gasteiger partial charge >= 0.3 is 0 Å². The Labute approximate surface area is 221 Å². The highest BCUT2D eigenvalue weighted by Gasteiger charge is 2.44. The molecule has 0 bridgehead atoms. The Balaban J connectivity index is 1.28. The van der Waals surface area contributed by atoms with E-state index in [1.165, 1.54) is 6.07 Å². The van der Waals surface area contributed by atoms with Crippen LogP contribution in [0, 0.1) is 11.6 Å². The number of aromatic nitrogens is 3. The largest absolute Gasteiger partial charge is 0.480 e. The second-order valence-corrected chi connectivity index (χ2v) is 10.7. The lowest BCUT2D eigenvalue weighted by Gasteiger charge is -2.45. The highest BCUT2D eigenvalue weighted by molar-refractivity contribution is 5.73. The summed E-state index contributed by atoms with van der Waals surface area (Å²) in [5.74, 6) is -0.163. The van der Waals surface area contributed by atoms with Crippen LogP contribution in [0.1, 0.15) is 39.5 Å². The van der Waals surface area contributed by atoms with Crippen LogP contribution in [0.4, 0.5) is 31.9 Å². The fraction of sp³-hybridized carbons (Fsp3) is 0.464. The van der Waals surface area contributed by atoms with Crippen molar-refractivity contribution in [3.05, 3.63) is 48.3 Å². The van der Waals surface area contributed by atoms with Gasteiger partial charge in [-0.3, -0.25) is 0 Å². The van der Waals surface area contributed by atoms with Crippen molar-refractivity contribution in [3.8, 4) is 17.0 Å². The molecule has 1 saturated carbocycles. The molecule has 10 heteroatoms. The van der Waals surface area contributed by atoms with Crippen molar-refractivity contribution in [2.24, 2.45) is 0 Å². The summed E-state index contributed by atoms with van der Waals surface area (Å²) in [6.07, 6.45) is 6.88. The quantitative estimate of drug-likeness (QED) is 0.492. The topological polar surface area (TPSA) is 78.4 Å². The summed E-state index contributed by atoms with van der Waals surface area (Å²) in [5.41, 5.74) is 1.67. The number of piperazine rings is 1. The van der Waals surface area contributed by atoms with Gasteiger partial charge in [-0.15, -0.1) is 0 Å². The average Bonchev–Trinajstić information content (AvgIpc) is 3.38. The van der Waals surface area contributed by atoms with Crippen LogP contribution in [-0.2, 0) is 0 Å². The van der Waals surface area contributed by atoms with Gasteiger partial charge in [-0.25, -0.2) is 23.7 Å². The summed E-state index contributed by atoms with van der Waals surface area (Å²) in [7, 11) is 0. The molecular formula is C28H33F2N7O. The third-order valence-electron chi connectivity index (χ3n) is 7.74. The smallest absolute Gasteiger partial charge is 0.229 e. The summed E-state index contributed by atoms with van der Waals surface area (Å²) in [5, 5.41) is 6.39. The van der Waals surface area contributed by atoms with Crippen molar-refractivity contribution >= 4 is 23.1 Å². The number of ether oxygens (including phenoxy) is 1. The van der Waals surface area contributed by atoms with Crippen LogP contribution in [0.25, 0.3) is 11.3 Å². The molecule has 0 amide bonds. The summed E-state index contributed by atoms with van der Waals surface area (Å²) >= 11 is 0. The van der Waals surface area contributed by atoms with Gasteiger partial charge in [0.25, 0.3) is 0 Å². The van der Waals surface area contributed by atoms with E-state index in [4.69, 9.17) is 4.74 Å². The van der Waals surface area contributed by atoms with E-state index in [-0.39, 0.29) is 29.0 Å². The van der Waals surface area contributed by atoms with Gasteiger partial charge in [-0.2, -0.15) is 0 Å². The van der Waals surface area contributed by atoms with Gasteiger partial charge in [-0.1, -0.05) is 0 Å². The first kappa shape index (κ1) is 24.8. The highest BCUT2D eigenvalue weighted by atomic mass is 19.1. The molecule has 2 aliphatic heterocycles. The first-order valence-corrected chi connectivity index (χ1v) is 13.4. The van der Waals surface area contributed by atoms with Crippen molar-refractivity contribution in [3.63, 3.8) is 0 Å². The molecule has 1 spiro atoms. The predicted octanol–water partition coefficient (Wildman–Crippen LogP) is 4.89. The van der Waals surface area contributed by atoms with Gasteiger partial charge in [0.15, 0.2) is 17.4 Å². The normalized spacial score (nSPS) is 18.6. The molecule has 0 radical (unpaired) electrons. The molecule has 4 heterocycles. The van der Waals surface area contributed by atoms with E-state index >= 15 is 4.39 Å². The van der Waals surface area contributed by atoms with Crippen molar-refractivity contribution in [2.45, 2.75) is 51.2 Å². The maximum atomic E-state index is 15.5. The number of rotatable bonds is 5. The van der Waals surface area contributed by atoms with Gasteiger partial charge in [0, 0.05) is 37.8 Å². The Morgan fingerprint density at radius 2 is 1.82 bits per heavy atom. The first-order valence-electron chi connectivity index (χ1n) is 13.4. The van der Waals surface area contributed by atoms with Gasteiger partial charge < -0.3 is 25.2 Å². The Morgan fingerprint density at radius 1 is 1.03 bits per heavy atom. The minimum Gasteiger partial charge on any atom is -0.480 e. The second kappa shape index (κ2) is 9.98. The van der Waals surface area contributed by atoms with E-state index in [1.54, 1.807) is 12.3 Å². The molecule has 1 aliphatic carbocycles. The maximum absolute atomic E-state index is 15.5. The second-order valence-electron chi connectivity index (χ2n) is 10.7. The van der Waals surface area contributed by atoms with Crippen molar-refractivity contribution < 1.29 is 13.5 Å². The number of hydrogen-bond acceptors (Lipinski definition) is 8. The fourth-order valence-corrected chi connectivity index (χ4v) is 5.73. The maximum Gasteiger partial charge on any atom is 0.229 e. The summed E-state index contributed by atoms with van der Waals surface area (Å²) < 4.78 is 36.8. The minimum absolute atomic E-state index is 0.0199. The van der Waals surface area contributed by atoms with Crippen LogP contribution in [0.15, 0.2) is 36.7 Å². The highest BCUT2D eigenvalue weighted by Crippen LogP contribution is 2.47. The van der Waals surface area contributed by atoms with Crippen LogP contribution in [-0.4, -0.2) is 59.3 Å². The molecule has 0 unspecified atom stereocenters. The molecule has 200 valence electrons. The van der Waals surface area contributed by atoms with Crippen LogP contribution in [0.2, 0.25) is 0 Å². The van der Waals surface area contributed by atoms with E-state index in [2.05, 4.69) is 49.2 Å². The Kier molecular flexibility index (Phi) is 6.51. The van der Waals surface area contributed by atoms with Gasteiger partial charge in [0.1, 0.15) is 17.1 Å².